The number of hydrogen-bond donors (Lipinski definition) is 1. The fraction of sp³-hybridized carbons (Fsp3) is 0.167. The molecule has 1 N–H and O–H groups in total. The molecule has 2 nitrogen and oxygen atoms in total. The summed E-state index contributed by atoms with van der Waals surface area (Å²) in [4.78, 5) is 11.9. The lowest BCUT2D eigenvalue weighted by Crippen LogP contribution is -2.16. The van der Waals surface area contributed by atoms with E-state index in [1.54, 1.807) is 6.08 Å². The van der Waals surface area contributed by atoms with Crippen molar-refractivity contribution >= 4 is 11.5 Å². The van der Waals surface area contributed by atoms with Crippen LogP contribution in [-0.4, -0.2) is 5.78 Å². The van der Waals surface area contributed by atoms with Crippen molar-refractivity contribution < 1.29 is 4.79 Å². The molecule has 0 spiro atoms. The Morgan fingerprint density at radius 3 is 2.20 bits per heavy atom. The van der Waals surface area contributed by atoms with Crippen LogP contribution in [0.5, 0.6) is 0 Å². The number of rotatable bonds is 3. The van der Waals surface area contributed by atoms with Gasteiger partial charge in [-0.05, 0) is 30.0 Å². The maximum atomic E-state index is 11.9. The number of anilines is 1. The summed E-state index contributed by atoms with van der Waals surface area (Å²) in [5, 5.41) is 3.35. The quantitative estimate of drug-likeness (QED) is 0.902. The number of para-hydroxylation sites is 1. The summed E-state index contributed by atoms with van der Waals surface area (Å²) in [7, 11) is 0. The molecule has 1 atom stereocenters. The Kier molecular flexibility index (Phi) is 3.64. The van der Waals surface area contributed by atoms with Crippen LogP contribution in [0.3, 0.4) is 0 Å². The lowest BCUT2D eigenvalue weighted by atomic mass is 9.85. The summed E-state index contributed by atoms with van der Waals surface area (Å²) in [5.74, 6) is 0.475. The Labute approximate surface area is 119 Å². The molecule has 100 valence electrons. The summed E-state index contributed by atoms with van der Waals surface area (Å²) in [6, 6.07) is 20.3. The van der Waals surface area contributed by atoms with Crippen LogP contribution in [-0.2, 0) is 4.79 Å². The molecule has 0 aromatic heterocycles. The Bertz CT molecular complexity index is 616. The molecule has 1 aliphatic carbocycles. The van der Waals surface area contributed by atoms with Gasteiger partial charge in [-0.2, -0.15) is 0 Å². The molecule has 0 aliphatic heterocycles. The average Bonchev–Trinajstić information content (AvgIpc) is 2.49. The predicted molar refractivity (Wildman–Crippen MR) is 81.6 cm³/mol. The molecule has 1 aliphatic rings. The van der Waals surface area contributed by atoms with Crippen molar-refractivity contribution in [1.29, 1.82) is 0 Å². The maximum Gasteiger partial charge on any atom is 0.158 e. The summed E-state index contributed by atoms with van der Waals surface area (Å²) < 4.78 is 0. The summed E-state index contributed by atoms with van der Waals surface area (Å²) >= 11 is 0. The third-order valence-electron chi connectivity index (χ3n) is 3.60. The zero-order chi connectivity index (χ0) is 13.8. The minimum Gasteiger partial charge on any atom is -0.359 e. The monoisotopic (exact) mass is 263 g/mol. The van der Waals surface area contributed by atoms with E-state index in [1.165, 1.54) is 5.56 Å². The molecular weight excluding hydrogens is 246 g/mol. The molecule has 0 saturated heterocycles. The topological polar surface area (TPSA) is 29.1 Å². The zero-order valence-corrected chi connectivity index (χ0v) is 11.3. The van der Waals surface area contributed by atoms with Crippen LogP contribution in [0.4, 0.5) is 5.69 Å². The van der Waals surface area contributed by atoms with Crippen LogP contribution < -0.4 is 5.32 Å². The van der Waals surface area contributed by atoms with E-state index in [1.807, 2.05) is 48.5 Å². The second-order valence-electron chi connectivity index (χ2n) is 5.14. The molecule has 0 heterocycles. The van der Waals surface area contributed by atoms with E-state index in [2.05, 4.69) is 17.4 Å². The van der Waals surface area contributed by atoms with Crippen LogP contribution in [0.1, 0.15) is 24.3 Å². The first-order valence-corrected chi connectivity index (χ1v) is 6.92. The molecule has 20 heavy (non-hydrogen) atoms. The van der Waals surface area contributed by atoms with Crippen molar-refractivity contribution in [3.05, 3.63) is 78.0 Å². The van der Waals surface area contributed by atoms with Gasteiger partial charge in [0.05, 0.1) is 0 Å². The summed E-state index contributed by atoms with van der Waals surface area (Å²) in [6.45, 7) is 0. The van der Waals surface area contributed by atoms with Crippen molar-refractivity contribution in [3.63, 3.8) is 0 Å². The van der Waals surface area contributed by atoms with Crippen LogP contribution in [0.15, 0.2) is 72.4 Å². The first-order valence-electron chi connectivity index (χ1n) is 6.92. The number of allylic oxidation sites excluding steroid dienone is 2. The lowest BCUT2D eigenvalue weighted by Gasteiger charge is -2.23. The molecule has 2 heteroatoms. The van der Waals surface area contributed by atoms with Gasteiger partial charge in [0, 0.05) is 23.9 Å². The third-order valence-corrected chi connectivity index (χ3v) is 3.60. The van der Waals surface area contributed by atoms with Crippen LogP contribution in [0, 0.1) is 0 Å². The summed E-state index contributed by atoms with van der Waals surface area (Å²) in [6.07, 6.45) is 3.22. The maximum absolute atomic E-state index is 11.9. The van der Waals surface area contributed by atoms with E-state index in [9.17, 15) is 4.79 Å². The van der Waals surface area contributed by atoms with E-state index >= 15 is 0 Å². The van der Waals surface area contributed by atoms with Gasteiger partial charge >= 0.3 is 0 Å². The van der Waals surface area contributed by atoms with Crippen molar-refractivity contribution in [2.75, 3.05) is 5.32 Å². The van der Waals surface area contributed by atoms with E-state index in [0.717, 1.165) is 17.8 Å². The number of carbonyl (C=O) groups is 1. The highest BCUT2D eigenvalue weighted by atomic mass is 16.1. The predicted octanol–water partition coefficient (Wildman–Crippen LogP) is 4.13. The highest BCUT2D eigenvalue weighted by molar-refractivity contribution is 5.92. The highest BCUT2D eigenvalue weighted by Crippen LogP contribution is 2.31. The molecule has 0 radical (unpaired) electrons. The van der Waals surface area contributed by atoms with Gasteiger partial charge in [-0.25, -0.2) is 0 Å². The van der Waals surface area contributed by atoms with E-state index in [0.29, 0.717) is 6.42 Å². The van der Waals surface area contributed by atoms with Crippen molar-refractivity contribution in [1.82, 2.24) is 0 Å². The number of ketones is 1. The van der Waals surface area contributed by atoms with Gasteiger partial charge in [0.25, 0.3) is 0 Å². The molecule has 2 aromatic carbocycles. The zero-order valence-electron chi connectivity index (χ0n) is 11.3. The Morgan fingerprint density at radius 2 is 1.50 bits per heavy atom. The fourth-order valence-corrected chi connectivity index (χ4v) is 2.65. The molecular formula is C18H17NO. The van der Waals surface area contributed by atoms with Gasteiger partial charge < -0.3 is 5.32 Å². The number of nitrogens with one attached hydrogen (secondary N) is 1. The molecule has 0 bridgehead atoms. The standard InChI is InChI=1S/C18H17NO/c20-18-12-15(14-7-3-1-4-8-14)11-17(13-18)19-16-9-5-2-6-10-16/h1-10,13,15,19H,11-12H2/t15-/m0/s1. The Morgan fingerprint density at radius 1 is 0.850 bits per heavy atom. The smallest absolute Gasteiger partial charge is 0.158 e. The van der Waals surface area contributed by atoms with Gasteiger partial charge in [0.15, 0.2) is 5.78 Å². The molecule has 0 fully saturated rings. The molecule has 0 unspecified atom stereocenters. The summed E-state index contributed by atoms with van der Waals surface area (Å²) in [5.41, 5.74) is 3.27. The second kappa shape index (κ2) is 5.74. The normalized spacial score (nSPS) is 18.5. The van der Waals surface area contributed by atoms with E-state index in [-0.39, 0.29) is 11.7 Å². The molecule has 0 saturated carbocycles. The first-order chi connectivity index (χ1) is 9.81. The largest absolute Gasteiger partial charge is 0.359 e. The number of carbonyl (C=O) groups excluding carboxylic acids is 1. The Balaban J connectivity index is 1.78. The number of hydrogen-bond acceptors (Lipinski definition) is 2. The van der Waals surface area contributed by atoms with Gasteiger partial charge in [0.1, 0.15) is 0 Å². The van der Waals surface area contributed by atoms with Gasteiger partial charge in [-0.1, -0.05) is 48.5 Å². The van der Waals surface area contributed by atoms with Crippen LogP contribution in [0.2, 0.25) is 0 Å². The minimum atomic E-state index is 0.198. The number of benzene rings is 2. The lowest BCUT2D eigenvalue weighted by molar-refractivity contribution is -0.115. The third kappa shape index (κ3) is 2.97. The van der Waals surface area contributed by atoms with Crippen molar-refractivity contribution in [2.24, 2.45) is 0 Å². The van der Waals surface area contributed by atoms with Crippen LogP contribution >= 0.6 is 0 Å². The second-order valence-corrected chi connectivity index (χ2v) is 5.14. The van der Waals surface area contributed by atoms with Gasteiger partial charge in [-0.15, -0.1) is 0 Å². The average molecular weight is 263 g/mol. The van der Waals surface area contributed by atoms with Gasteiger partial charge in [-0.3, -0.25) is 4.79 Å². The van der Waals surface area contributed by atoms with Gasteiger partial charge in [0.2, 0.25) is 0 Å². The fourth-order valence-electron chi connectivity index (χ4n) is 2.65. The Hall–Kier alpha value is -2.35. The first kappa shape index (κ1) is 12.7. The van der Waals surface area contributed by atoms with Crippen molar-refractivity contribution in [3.8, 4) is 0 Å². The van der Waals surface area contributed by atoms with E-state index < -0.39 is 0 Å². The highest BCUT2D eigenvalue weighted by Gasteiger charge is 2.22. The van der Waals surface area contributed by atoms with E-state index in [4.69, 9.17) is 0 Å². The SMILES string of the molecule is O=C1C=C(Nc2ccccc2)C[C@H](c2ccccc2)C1. The van der Waals surface area contributed by atoms with Crippen molar-refractivity contribution in [2.45, 2.75) is 18.8 Å². The van der Waals surface area contributed by atoms with Crippen LogP contribution in [0.25, 0.3) is 0 Å². The molecule has 0 amide bonds. The minimum absolute atomic E-state index is 0.198. The molecule has 3 rings (SSSR count). The molecule has 2 aromatic rings.